The van der Waals surface area contributed by atoms with E-state index in [9.17, 15) is 0 Å². The highest BCUT2D eigenvalue weighted by Gasteiger charge is 2.06. The Kier molecular flexibility index (Phi) is 6.10. The van der Waals surface area contributed by atoms with Crippen molar-refractivity contribution in [2.45, 2.75) is 19.9 Å². The third-order valence-corrected chi connectivity index (χ3v) is 3.21. The van der Waals surface area contributed by atoms with Crippen LogP contribution in [-0.4, -0.2) is 20.3 Å². The summed E-state index contributed by atoms with van der Waals surface area (Å²) in [6.07, 6.45) is 0.863. The monoisotopic (exact) mass is 285 g/mol. The molecule has 0 fully saturated rings. The van der Waals surface area contributed by atoms with Gasteiger partial charge in [0.25, 0.3) is 0 Å². The fraction of sp³-hybridized carbons (Fsp3) is 0.333. The summed E-state index contributed by atoms with van der Waals surface area (Å²) in [6.45, 7) is 4.22. The van der Waals surface area contributed by atoms with E-state index in [1.54, 1.807) is 0 Å². The third kappa shape index (κ3) is 4.80. The van der Waals surface area contributed by atoms with Gasteiger partial charge in [0.15, 0.2) is 0 Å². The molecule has 2 rings (SSSR count). The number of hydrogen-bond donors (Lipinski definition) is 1. The molecular formula is C18H23NO2. The summed E-state index contributed by atoms with van der Waals surface area (Å²) in [5.74, 6) is 1.90. The average Bonchev–Trinajstić information content (AvgIpc) is 2.51. The molecule has 112 valence electrons. The van der Waals surface area contributed by atoms with Gasteiger partial charge in [0, 0.05) is 18.5 Å². The molecule has 3 nitrogen and oxygen atoms in total. The maximum atomic E-state index is 5.94. The van der Waals surface area contributed by atoms with E-state index < -0.39 is 0 Å². The molecule has 0 bridgehead atoms. The van der Waals surface area contributed by atoms with E-state index in [1.165, 1.54) is 11.1 Å². The van der Waals surface area contributed by atoms with E-state index >= 15 is 0 Å². The largest absolute Gasteiger partial charge is 0.493 e. The molecular weight excluding hydrogens is 262 g/mol. The summed E-state index contributed by atoms with van der Waals surface area (Å²) in [5.41, 5.74) is 2.37. The van der Waals surface area contributed by atoms with Crippen LogP contribution in [0.1, 0.15) is 17.5 Å². The molecule has 0 spiro atoms. The lowest BCUT2D eigenvalue weighted by molar-refractivity contribution is 0.245. The molecule has 0 aliphatic heterocycles. The van der Waals surface area contributed by atoms with Gasteiger partial charge in [0.2, 0.25) is 0 Å². The zero-order chi connectivity index (χ0) is 14.9. The standard InChI is InChI=1S/C18H23NO2/c1-15-8-6-9-16(14-19-2)18(15)21-13-7-12-20-17-10-4-3-5-11-17/h3-6,8-11,19H,7,12-14H2,1-2H3. The minimum atomic E-state index is 0.661. The van der Waals surface area contributed by atoms with Gasteiger partial charge in [-0.25, -0.2) is 0 Å². The van der Waals surface area contributed by atoms with Gasteiger partial charge in [0.05, 0.1) is 13.2 Å². The van der Waals surface area contributed by atoms with Crippen molar-refractivity contribution in [1.82, 2.24) is 5.32 Å². The summed E-state index contributed by atoms with van der Waals surface area (Å²) in [6, 6.07) is 16.1. The first-order chi connectivity index (χ1) is 10.3. The lowest BCUT2D eigenvalue weighted by Crippen LogP contribution is -2.10. The van der Waals surface area contributed by atoms with Crippen molar-refractivity contribution in [3.05, 3.63) is 59.7 Å². The Balaban J connectivity index is 1.78. The Morgan fingerprint density at radius 3 is 2.43 bits per heavy atom. The van der Waals surface area contributed by atoms with Gasteiger partial charge in [-0.15, -0.1) is 0 Å². The second-order valence-electron chi connectivity index (χ2n) is 4.96. The predicted molar refractivity (Wildman–Crippen MR) is 86.0 cm³/mol. The van der Waals surface area contributed by atoms with Gasteiger partial charge in [-0.05, 0) is 31.7 Å². The van der Waals surface area contributed by atoms with Crippen molar-refractivity contribution in [3.8, 4) is 11.5 Å². The molecule has 0 aliphatic carbocycles. The Hall–Kier alpha value is -2.00. The Morgan fingerprint density at radius 1 is 0.905 bits per heavy atom. The summed E-state index contributed by atoms with van der Waals surface area (Å²) in [4.78, 5) is 0. The highest BCUT2D eigenvalue weighted by Crippen LogP contribution is 2.23. The molecule has 21 heavy (non-hydrogen) atoms. The van der Waals surface area contributed by atoms with Gasteiger partial charge in [-0.3, -0.25) is 0 Å². The van der Waals surface area contributed by atoms with E-state index in [0.717, 1.165) is 24.5 Å². The number of rotatable bonds is 8. The highest BCUT2D eigenvalue weighted by molar-refractivity contribution is 5.40. The number of nitrogens with one attached hydrogen (secondary N) is 1. The lowest BCUT2D eigenvalue weighted by atomic mass is 10.1. The second kappa shape index (κ2) is 8.32. The van der Waals surface area contributed by atoms with Crippen LogP contribution in [0.25, 0.3) is 0 Å². The highest BCUT2D eigenvalue weighted by atomic mass is 16.5. The Morgan fingerprint density at radius 2 is 1.67 bits per heavy atom. The molecule has 0 atom stereocenters. The van der Waals surface area contributed by atoms with Crippen molar-refractivity contribution in [2.24, 2.45) is 0 Å². The number of benzene rings is 2. The van der Waals surface area contributed by atoms with Crippen LogP contribution >= 0.6 is 0 Å². The molecule has 0 saturated heterocycles. The number of ether oxygens (including phenoxy) is 2. The zero-order valence-corrected chi connectivity index (χ0v) is 12.8. The molecule has 0 aromatic heterocycles. The van der Waals surface area contributed by atoms with Crippen molar-refractivity contribution >= 4 is 0 Å². The van der Waals surface area contributed by atoms with Gasteiger partial charge < -0.3 is 14.8 Å². The minimum absolute atomic E-state index is 0.661. The lowest BCUT2D eigenvalue weighted by Gasteiger charge is -2.14. The number of hydrogen-bond acceptors (Lipinski definition) is 3. The fourth-order valence-electron chi connectivity index (χ4n) is 2.19. The van der Waals surface area contributed by atoms with Crippen LogP contribution in [0.3, 0.4) is 0 Å². The fourth-order valence-corrected chi connectivity index (χ4v) is 2.19. The quantitative estimate of drug-likeness (QED) is 0.752. The molecule has 3 heteroatoms. The first-order valence-electron chi connectivity index (χ1n) is 7.35. The second-order valence-corrected chi connectivity index (χ2v) is 4.96. The van der Waals surface area contributed by atoms with Crippen LogP contribution in [0.5, 0.6) is 11.5 Å². The Labute approximate surface area is 126 Å². The van der Waals surface area contributed by atoms with Crippen LogP contribution < -0.4 is 14.8 Å². The SMILES string of the molecule is CNCc1cccc(C)c1OCCCOc1ccccc1. The predicted octanol–water partition coefficient (Wildman–Crippen LogP) is 3.56. The molecule has 0 saturated carbocycles. The molecule has 0 amide bonds. The first kappa shape index (κ1) is 15.4. The molecule has 2 aromatic carbocycles. The maximum absolute atomic E-state index is 5.94. The van der Waals surface area contributed by atoms with Crippen LogP contribution in [0, 0.1) is 6.92 Å². The molecule has 1 N–H and O–H groups in total. The molecule has 2 aromatic rings. The van der Waals surface area contributed by atoms with E-state index in [4.69, 9.17) is 9.47 Å². The third-order valence-electron chi connectivity index (χ3n) is 3.21. The summed E-state index contributed by atoms with van der Waals surface area (Å²) < 4.78 is 11.6. The van der Waals surface area contributed by atoms with E-state index in [0.29, 0.717) is 13.2 Å². The van der Waals surface area contributed by atoms with E-state index in [-0.39, 0.29) is 0 Å². The van der Waals surface area contributed by atoms with E-state index in [1.807, 2.05) is 37.4 Å². The molecule has 0 unspecified atom stereocenters. The maximum Gasteiger partial charge on any atom is 0.126 e. The van der Waals surface area contributed by atoms with Crippen LogP contribution in [0.15, 0.2) is 48.5 Å². The number of aryl methyl sites for hydroxylation is 1. The summed E-state index contributed by atoms with van der Waals surface area (Å²) in [7, 11) is 1.94. The van der Waals surface area contributed by atoms with Crippen LogP contribution in [-0.2, 0) is 6.54 Å². The molecule has 0 heterocycles. The molecule has 0 radical (unpaired) electrons. The minimum Gasteiger partial charge on any atom is -0.493 e. The normalized spacial score (nSPS) is 10.4. The van der Waals surface area contributed by atoms with Gasteiger partial charge in [-0.1, -0.05) is 36.4 Å². The smallest absolute Gasteiger partial charge is 0.126 e. The first-order valence-corrected chi connectivity index (χ1v) is 7.35. The Bertz CT molecular complexity index is 540. The average molecular weight is 285 g/mol. The van der Waals surface area contributed by atoms with E-state index in [2.05, 4.69) is 30.4 Å². The molecule has 0 aliphatic rings. The topological polar surface area (TPSA) is 30.5 Å². The van der Waals surface area contributed by atoms with Gasteiger partial charge in [0.1, 0.15) is 11.5 Å². The van der Waals surface area contributed by atoms with Crippen molar-refractivity contribution < 1.29 is 9.47 Å². The van der Waals surface area contributed by atoms with Crippen molar-refractivity contribution in [3.63, 3.8) is 0 Å². The van der Waals surface area contributed by atoms with Crippen LogP contribution in [0.2, 0.25) is 0 Å². The number of para-hydroxylation sites is 2. The van der Waals surface area contributed by atoms with Crippen molar-refractivity contribution in [1.29, 1.82) is 0 Å². The van der Waals surface area contributed by atoms with Gasteiger partial charge >= 0.3 is 0 Å². The zero-order valence-electron chi connectivity index (χ0n) is 12.8. The van der Waals surface area contributed by atoms with Crippen molar-refractivity contribution in [2.75, 3.05) is 20.3 Å². The summed E-state index contributed by atoms with van der Waals surface area (Å²) >= 11 is 0. The van der Waals surface area contributed by atoms with Crippen LogP contribution in [0.4, 0.5) is 0 Å². The van der Waals surface area contributed by atoms with Gasteiger partial charge in [-0.2, -0.15) is 0 Å². The summed E-state index contributed by atoms with van der Waals surface area (Å²) in [5, 5.41) is 3.17.